The number of carboxylic acid groups (broad SMARTS) is 1. The van der Waals surface area contributed by atoms with Crippen LogP contribution in [0.5, 0.6) is 0 Å². The Hall–Kier alpha value is -1.80. The average molecular weight is 361 g/mol. The molecule has 0 aliphatic rings. The smallest absolute Gasteiger partial charge is 0.198 e. The molecular formula is C13H9BrF2NO4-. The minimum Gasteiger partial charge on any atom is -0.545 e. The van der Waals surface area contributed by atoms with E-state index in [9.17, 15) is 28.6 Å². The van der Waals surface area contributed by atoms with Crippen LogP contribution in [-0.2, 0) is 0 Å². The van der Waals surface area contributed by atoms with Crippen LogP contribution in [0.4, 0.5) is 8.78 Å². The first-order valence-electron chi connectivity index (χ1n) is 5.91. The molecular weight excluding hydrogens is 352 g/mol. The molecule has 0 saturated carbocycles. The molecule has 8 heteroatoms. The van der Waals surface area contributed by atoms with Crippen LogP contribution in [0.3, 0.4) is 0 Å². The van der Waals surface area contributed by atoms with E-state index in [0.717, 1.165) is 16.8 Å². The molecule has 1 aromatic carbocycles. The van der Waals surface area contributed by atoms with Gasteiger partial charge in [-0.1, -0.05) is 6.92 Å². The van der Waals surface area contributed by atoms with Crippen molar-refractivity contribution >= 4 is 32.8 Å². The Bertz CT molecular complexity index is 803. The largest absolute Gasteiger partial charge is 0.545 e. The standard InChI is InChI=1S/C13H10BrF2NO4/c1-2-8(18)17-4-6(13(20)21)12(19)5-3-7(15)9(14)10(16)11(5)17/h3-4,8,18H,2H2,1H3,(H,20,21)/p-1. The second-order valence-corrected chi connectivity index (χ2v) is 5.13. The lowest BCUT2D eigenvalue weighted by molar-refractivity contribution is -0.255. The molecule has 2 aromatic rings. The van der Waals surface area contributed by atoms with E-state index in [1.807, 2.05) is 0 Å². The number of pyridine rings is 1. The first kappa shape index (κ1) is 15.6. The first-order chi connectivity index (χ1) is 9.79. The van der Waals surface area contributed by atoms with Gasteiger partial charge in [-0.3, -0.25) is 4.79 Å². The number of hydrogen-bond donors (Lipinski definition) is 1. The molecule has 0 radical (unpaired) electrons. The maximum absolute atomic E-state index is 14.2. The molecule has 0 amide bonds. The highest BCUT2D eigenvalue weighted by Gasteiger charge is 2.21. The molecule has 0 aliphatic carbocycles. The van der Waals surface area contributed by atoms with Crippen LogP contribution in [0.25, 0.3) is 10.9 Å². The summed E-state index contributed by atoms with van der Waals surface area (Å²) in [7, 11) is 0. The van der Waals surface area contributed by atoms with Crippen LogP contribution in [0.1, 0.15) is 29.9 Å². The maximum atomic E-state index is 14.2. The predicted octanol–water partition coefficient (Wildman–Crippen LogP) is 1.31. The van der Waals surface area contributed by atoms with Crippen molar-refractivity contribution in [3.63, 3.8) is 0 Å². The summed E-state index contributed by atoms with van der Waals surface area (Å²) in [6, 6.07) is 0.718. The number of aliphatic hydroxyl groups excluding tert-OH is 1. The number of carbonyl (C=O) groups excluding carboxylic acids is 1. The number of aromatic nitrogens is 1. The third-order valence-electron chi connectivity index (χ3n) is 3.06. The molecule has 112 valence electrons. The third-order valence-corrected chi connectivity index (χ3v) is 3.79. The Morgan fingerprint density at radius 3 is 2.67 bits per heavy atom. The van der Waals surface area contributed by atoms with Gasteiger partial charge in [-0.05, 0) is 28.4 Å². The van der Waals surface area contributed by atoms with E-state index in [1.54, 1.807) is 6.92 Å². The normalized spacial score (nSPS) is 12.6. The first-order valence-corrected chi connectivity index (χ1v) is 6.70. The Kier molecular flexibility index (Phi) is 4.11. The number of aromatic carboxylic acids is 1. The number of fused-ring (bicyclic) bond motifs is 1. The second-order valence-electron chi connectivity index (χ2n) is 4.34. The van der Waals surface area contributed by atoms with Gasteiger partial charge < -0.3 is 19.6 Å². The molecule has 1 heterocycles. The van der Waals surface area contributed by atoms with E-state index >= 15 is 0 Å². The monoisotopic (exact) mass is 360 g/mol. The SMILES string of the molecule is CCC(O)n1cc(C(=O)[O-])c(=O)c2cc(F)c(Br)c(F)c21. The highest BCUT2D eigenvalue weighted by molar-refractivity contribution is 9.10. The molecule has 1 atom stereocenters. The van der Waals surface area contributed by atoms with Crippen molar-refractivity contribution in [2.24, 2.45) is 0 Å². The minimum atomic E-state index is -1.79. The molecule has 2 rings (SSSR count). The predicted molar refractivity (Wildman–Crippen MR) is 71.7 cm³/mol. The number of hydrogen-bond acceptors (Lipinski definition) is 4. The number of aliphatic hydroxyl groups is 1. The molecule has 21 heavy (non-hydrogen) atoms. The van der Waals surface area contributed by atoms with Crippen molar-refractivity contribution in [1.82, 2.24) is 4.57 Å². The minimum absolute atomic E-state index is 0.124. The summed E-state index contributed by atoms with van der Waals surface area (Å²) in [5, 5.41) is 20.4. The van der Waals surface area contributed by atoms with E-state index < -0.39 is 44.7 Å². The average Bonchev–Trinajstić information content (AvgIpc) is 2.44. The van der Waals surface area contributed by atoms with E-state index in [-0.39, 0.29) is 11.9 Å². The van der Waals surface area contributed by atoms with Crippen LogP contribution < -0.4 is 10.5 Å². The molecule has 1 aromatic heterocycles. The number of rotatable bonds is 3. The van der Waals surface area contributed by atoms with Crippen molar-refractivity contribution in [2.75, 3.05) is 0 Å². The van der Waals surface area contributed by atoms with E-state index in [0.29, 0.717) is 0 Å². The summed E-state index contributed by atoms with van der Waals surface area (Å²) in [5.41, 5.74) is -2.24. The summed E-state index contributed by atoms with van der Waals surface area (Å²) in [6.45, 7) is 1.57. The molecule has 0 bridgehead atoms. The fourth-order valence-electron chi connectivity index (χ4n) is 2.00. The van der Waals surface area contributed by atoms with Crippen LogP contribution in [0, 0.1) is 11.6 Å². The summed E-state index contributed by atoms with van der Waals surface area (Å²) in [5.74, 6) is -3.94. The highest BCUT2D eigenvalue weighted by Crippen LogP contribution is 2.28. The lowest BCUT2D eigenvalue weighted by Gasteiger charge is -2.19. The molecule has 0 spiro atoms. The third kappa shape index (κ3) is 2.44. The van der Waals surface area contributed by atoms with Gasteiger partial charge in [0.05, 0.1) is 26.9 Å². The van der Waals surface area contributed by atoms with Crippen molar-refractivity contribution in [3.8, 4) is 0 Å². The Morgan fingerprint density at radius 2 is 2.14 bits per heavy atom. The zero-order valence-corrected chi connectivity index (χ0v) is 12.3. The van der Waals surface area contributed by atoms with Gasteiger partial charge in [0.25, 0.3) is 0 Å². The molecule has 0 aliphatic heterocycles. The summed E-state index contributed by atoms with van der Waals surface area (Å²) in [6.07, 6.45) is -0.362. The van der Waals surface area contributed by atoms with Gasteiger partial charge in [-0.25, -0.2) is 8.78 Å². The van der Waals surface area contributed by atoms with Crippen LogP contribution in [0.2, 0.25) is 0 Å². The summed E-state index contributed by atoms with van der Waals surface area (Å²) < 4.78 is 28.2. The van der Waals surface area contributed by atoms with Gasteiger partial charge in [0.15, 0.2) is 11.2 Å². The van der Waals surface area contributed by atoms with E-state index in [4.69, 9.17) is 0 Å². The Labute approximate surface area is 125 Å². The van der Waals surface area contributed by atoms with Crippen molar-refractivity contribution in [3.05, 3.63) is 44.2 Å². The molecule has 1 N–H and O–H groups in total. The van der Waals surface area contributed by atoms with Gasteiger partial charge in [0.2, 0.25) is 0 Å². The maximum Gasteiger partial charge on any atom is 0.198 e. The number of halogens is 3. The lowest BCUT2D eigenvalue weighted by atomic mass is 10.1. The van der Waals surface area contributed by atoms with E-state index in [1.165, 1.54) is 0 Å². The fourth-order valence-corrected chi connectivity index (χ4v) is 2.30. The zero-order chi connectivity index (χ0) is 15.9. The van der Waals surface area contributed by atoms with Crippen molar-refractivity contribution < 1.29 is 23.8 Å². The van der Waals surface area contributed by atoms with Gasteiger partial charge in [-0.2, -0.15) is 0 Å². The number of benzene rings is 1. The molecule has 0 saturated heterocycles. The number of carbonyl (C=O) groups is 1. The van der Waals surface area contributed by atoms with Gasteiger partial charge >= 0.3 is 0 Å². The molecule has 0 fully saturated rings. The fraction of sp³-hybridized carbons (Fsp3) is 0.231. The topological polar surface area (TPSA) is 82.4 Å². The van der Waals surface area contributed by atoms with Crippen LogP contribution in [0.15, 0.2) is 21.5 Å². The molecule has 5 nitrogen and oxygen atoms in total. The van der Waals surface area contributed by atoms with Crippen molar-refractivity contribution in [1.29, 1.82) is 0 Å². The Balaban J connectivity index is 3.07. The summed E-state index contributed by atoms with van der Waals surface area (Å²) in [4.78, 5) is 22.9. The van der Waals surface area contributed by atoms with Crippen molar-refractivity contribution in [2.45, 2.75) is 19.6 Å². The van der Waals surface area contributed by atoms with Gasteiger partial charge in [-0.15, -0.1) is 0 Å². The van der Waals surface area contributed by atoms with Gasteiger partial charge in [0, 0.05) is 6.20 Å². The zero-order valence-electron chi connectivity index (χ0n) is 10.7. The Morgan fingerprint density at radius 1 is 1.52 bits per heavy atom. The lowest BCUT2D eigenvalue weighted by Crippen LogP contribution is -2.31. The number of nitrogens with zero attached hydrogens (tertiary/aromatic N) is 1. The highest BCUT2D eigenvalue weighted by atomic mass is 79.9. The van der Waals surface area contributed by atoms with E-state index in [2.05, 4.69) is 15.9 Å². The second kappa shape index (κ2) is 5.53. The summed E-state index contributed by atoms with van der Waals surface area (Å²) >= 11 is 2.70. The quantitative estimate of drug-likeness (QED) is 0.836. The van der Waals surface area contributed by atoms with Crippen LogP contribution >= 0.6 is 15.9 Å². The van der Waals surface area contributed by atoms with Crippen LogP contribution in [-0.4, -0.2) is 15.6 Å². The van der Waals surface area contributed by atoms with Gasteiger partial charge in [0.1, 0.15) is 12.0 Å². The number of carboxylic acids is 1. The molecule has 1 unspecified atom stereocenters.